The fraction of sp³-hybridized carbons (Fsp3) is 1.00. The van der Waals surface area contributed by atoms with Crippen molar-refractivity contribution >= 4 is 11.6 Å². The summed E-state index contributed by atoms with van der Waals surface area (Å²) in [6, 6.07) is 0.943. The summed E-state index contributed by atoms with van der Waals surface area (Å²) in [6.07, 6.45) is 9.11. The van der Waals surface area contributed by atoms with E-state index in [1.807, 2.05) is 0 Å². The molecule has 2 saturated heterocycles. The summed E-state index contributed by atoms with van der Waals surface area (Å²) in [6.45, 7) is 1.14. The lowest BCUT2D eigenvalue weighted by Crippen LogP contribution is -2.65. The Morgan fingerprint density at radius 1 is 1.06 bits per heavy atom. The highest BCUT2D eigenvalue weighted by molar-refractivity contribution is 6.20. The van der Waals surface area contributed by atoms with Crippen LogP contribution in [0.2, 0.25) is 0 Å². The lowest BCUT2D eigenvalue weighted by atomic mass is 9.75. The van der Waals surface area contributed by atoms with E-state index in [0.717, 1.165) is 18.9 Å². The van der Waals surface area contributed by atoms with E-state index >= 15 is 0 Å². The predicted molar refractivity (Wildman–Crippen MR) is 75.6 cm³/mol. The molecule has 3 nitrogen and oxygen atoms in total. The molecule has 2 heterocycles. The van der Waals surface area contributed by atoms with Gasteiger partial charge in [-0.05, 0) is 51.0 Å². The summed E-state index contributed by atoms with van der Waals surface area (Å²) >= 11 is 6.33. The highest BCUT2D eigenvalue weighted by Gasteiger charge is 2.40. The van der Waals surface area contributed by atoms with Crippen molar-refractivity contribution in [2.75, 3.05) is 6.54 Å². The number of alkyl halides is 1. The first kappa shape index (κ1) is 13.2. The van der Waals surface area contributed by atoms with E-state index in [4.69, 9.17) is 17.3 Å². The summed E-state index contributed by atoms with van der Waals surface area (Å²) in [5.74, 6) is 1.36. The van der Waals surface area contributed by atoms with Crippen molar-refractivity contribution in [2.45, 2.75) is 68.6 Å². The molecular formula is C14H26ClN3. The minimum Gasteiger partial charge on any atom is -0.327 e. The van der Waals surface area contributed by atoms with Gasteiger partial charge in [-0.25, -0.2) is 0 Å². The molecule has 0 radical (unpaired) electrons. The van der Waals surface area contributed by atoms with Gasteiger partial charge >= 0.3 is 0 Å². The lowest BCUT2D eigenvalue weighted by Gasteiger charge is -2.47. The molecule has 0 bridgehead atoms. The van der Waals surface area contributed by atoms with Gasteiger partial charge in [0.25, 0.3) is 0 Å². The molecular weight excluding hydrogens is 246 g/mol. The van der Waals surface area contributed by atoms with Gasteiger partial charge in [0.15, 0.2) is 0 Å². The van der Waals surface area contributed by atoms with Gasteiger partial charge in [-0.1, -0.05) is 6.42 Å². The summed E-state index contributed by atoms with van der Waals surface area (Å²) in [5, 5.41) is 7.82. The van der Waals surface area contributed by atoms with Crippen molar-refractivity contribution in [3.8, 4) is 0 Å². The number of nitrogens with one attached hydrogen (secondary N) is 2. The average molecular weight is 272 g/mol. The maximum atomic E-state index is 6.41. The molecule has 0 aromatic carbocycles. The molecule has 0 spiro atoms. The van der Waals surface area contributed by atoms with E-state index < -0.39 is 0 Å². The maximum Gasteiger partial charge on any atom is 0.0618 e. The summed E-state index contributed by atoms with van der Waals surface area (Å²) in [4.78, 5) is 0. The van der Waals surface area contributed by atoms with Gasteiger partial charge in [-0.15, -0.1) is 11.6 Å². The Morgan fingerprint density at radius 2 is 1.94 bits per heavy atom. The van der Waals surface area contributed by atoms with Crippen LogP contribution < -0.4 is 16.4 Å². The quantitative estimate of drug-likeness (QED) is 0.638. The Balaban J connectivity index is 1.63. The molecule has 6 atom stereocenters. The molecule has 0 aromatic rings. The molecule has 1 aliphatic carbocycles. The molecule has 104 valence electrons. The summed E-state index contributed by atoms with van der Waals surface area (Å²) < 4.78 is 0. The number of hydrogen-bond donors (Lipinski definition) is 3. The zero-order valence-electron chi connectivity index (χ0n) is 11.1. The van der Waals surface area contributed by atoms with E-state index in [1.54, 1.807) is 0 Å². The van der Waals surface area contributed by atoms with Crippen molar-refractivity contribution in [2.24, 2.45) is 17.6 Å². The molecule has 4 heteroatoms. The van der Waals surface area contributed by atoms with Crippen LogP contribution in [0.5, 0.6) is 0 Å². The summed E-state index contributed by atoms with van der Waals surface area (Å²) in [5.41, 5.74) is 6.41. The molecule has 0 amide bonds. The van der Waals surface area contributed by atoms with Crippen LogP contribution in [0.15, 0.2) is 0 Å². The van der Waals surface area contributed by atoms with Gasteiger partial charge < -0.3 is 11.1 Å². The number of nitrogens with two attached hydrogens (primary N) is 1. The van der Waals surface area contributed by atoms with E-state index in [-0.39, 0.29) is 0 Å². The maximum absolute atomic E-state index is 6.41. The van der Waals surface area contributed by atoms with Crippen LogP contribution in [0, 0.1) is 11.8 Å². The van der Waals surface area contributed by atoms with Crippen LogP contribution in [0.1, 0.15) is 44.9 Å². The minimum atomic E-state index is 0.366. The van der Waals surface area contributed by atoms with Crippen molar-refractivity contribution < 1.29 is 0 Å². The fourth-order valence-corrected chi connectivity index (χ4v) is 4.57. The van der Waals surface area contributed by atoms with Crippen molar-refractivity contribution in [1.29, 1.82) is 0 Å². The second-order valence-electron chi connectivity index (χ2n) is 6.43. The van der Waals surface area contributed by atoms with Gasteiger partial charge in [-0.2, -0.15) is 0 Å². The summed E-state index contributed by atoms with van der Waals surface area (Å²) in [7, 11) is 0. The monoisotopic (exact) mass is 271 g/mol. The predicted octanol–water partition coefficient (Wildman–Crippen LogP) is 1.80. The van der Waals surface area contributed by atoms with Crippen LogP contribution in [0.4, 0.5) is 0 Å². The van der Waals surface area contributed by atoms with Crippen LogP contribution in [-0.2, 0) is 0 Å². The Hall–Kier alpha value is 0.170. The number of halogens is 1. The highest BCUT2D eigenvalue weighted by atomic mass is 35.5. The van der Waals surface area contributed by atoms with Crippen LogP contribution >= 0.6 is 11.6 Å². The first-order chi connectivity index (χ1) is 8.74. The van der Waals surface area contributed by atoms with E-state index in [9.17, 15) is 0 Å². The van der Waals surface area contributed by atoms with Gasteiger partial charge in [0.1, 0.15) is 0 Å². The second kappa shape index (κ2) is 5.66. The minimum absolute atomic E-state index is 0.366. The third-order valence-corrected chi connectivity index (χ3v) is 5.59. The molecule has 0 aromatic heterocycles. The smallest absolute Gasteiger partial charge is 0.0618 e. The third-order valence-electron chi connectivity index (χ3n) is 5.20. The molecule has 18 heavy (non-hydrogen) atoms. The molecule has 2 aliphatic heterocycles. The van der Waals surface area contributed by atoms with Gasteiger partial charge in [0.2, 0.25) is 0 Å². The number of hydrogen-bond acceptors (Lipinski definition) is 3. The zero-order chi connectivity index (χ0) is 12.5. The normalized spacial score (nSPS) is 49.7. The molecule has 3 fully saturated rings. The molecule has 3 rings (SSSR count). The lowest BCUT2D eigenvalue weighted by molar-refractivity contribution is 0.101. The average Bonchev–Trinajstić information content (AvgIpc) is 2.39. The van der Waals surface area contributed by atoms with Gasteiger partial charge in [0.05, 0.1) is 6.17 Å². The molecule has 1 saturated carbocycles. The topological polar surface area (TPSA) is 50.1 Å². The Labute approximate surface area is 115 Å². The van der Waals surface area contributed by atoms with E-state index in [1.165, 1.54) is 38.5 Å². The molecule has 4 N–H and O–H groups in total. The molecule has 6 unspecified atom stereocenters. The zero-order valence-corrected chi connectivity index (χ0v) is 11.8. The van der Waals surface area contributed by atoms with E-state index in [0.29, 0.717) is 29.5 Å². The van der Waals surface area contributed by atoms with E-state index in [2.05, 4.69) is 10.6 Å². The van der Waals surface area contributed by atoms with Gasteiger partial charge in [0, 0.05) is 23.4 Å². The van der Waals surface area contributed by atoms with Crippen LogP contribution in [0.3, 0.4) is 0 Å². The van der Waals surface area contributed by atoms with Crippen molar-refractivity contribution in [3.63, 3.8) is 0 Å². The van der Waals surface area contributed by atoms with Gasteiger partial charge in [-0.3, -0.25) is 5.32 Å². The fourth-order valence-electron chi connectivity index (χ4n) is 4.18. The Morgan fingerprint density at radius 3 is 2.78 bits per heavy atom. The molecule has 3 aliphatic rings. The number of fused-ring (bicyclic) bond motifs is 1. The first-order valence-electron chi connectivity index (χ1n) is 7.63. The second-order valence-corrected chi connectivity index (χ2v) is 7.05. The third kappa shape index (κ3) is 2.69. The largest absolute Gasteiger partial charge is 0.327 e. The van der Waals surface area contributed by atoms with Crippen LogP contribution in [-0.4, -0.2) is 30.2 Å². The number of rotatable bonds is 1. The Bertz CT molecular complexity index is 286. The highest BCUT2D eigenvalue weighted by Crippen LogP contribution is 2.35. The SMILES string of the molecule is NC1CC(C2CCCC(Cl)C2)NC2NCCCC12. The standard InChI is InChI=1S/C14H26ClN3/c15-10-4-1-3-9(7-10)13-8-12(16)11-5-2-6-17-14(11)18-13/h9-14,17-18H,1-8,16H2. The van der Waals surface area contributed by atoms with Crippen molar-refractivity contribution in [1.82, 2.24) is 10.6 Å². The van der Waals surface area contributed by atoms with Crippen molar-refractivity contribution in [3.05, 3.63) is 0 Å². The van der Waals surface area contributed by atoms with Crippen LogP contribution in [0.25, 0.3) is 0 Å². The first-order valence-corrected chi connectivity index (χ1v) is 8.07. The number of piperidine rings is 2. The Kier molecular flexibility index (Phi) is 4.14.